The number of carbonyl (C=O) groups is 1. The van der Waals surface area contributed by atoms with E-state index in [1.807, 2.05) is 31.1 Å². The van der Waals surface area contributed by atoms with Gasteiger partial charge in [0.15, 0.2) is 5.76 Å². The molecule has 8 nitrogen and oxygen atoms in total. The number of nitrogens with one attached hydrogen (secondary N) is 1. The van der Waals surface area contributed by atoms with Crippen LogP contribution in [-0.2, 0) is 14.8 Å². The summed E-state index contributed by atoms with van der Waals surface area (Å²) in [6.45, 7) is 0.795. The predicted molar refractivity (Wildman–Crippen MR) is 107 cm³/mol. The van der Waals surface area contributed by atoms with Gasteiger partial charge in [-0.05, 0) is 30.3 Å². The summed E-state index contributed by atoms with van der Waals surface area (Å²) in [5.74, 6) is -0.777. The summed E-state index contributed by atoms with van der Waals surface area (Å²) in [6.07, 6.45) is -0.205. The van der Waals surface area contributed by atoms with Crippen LogP contribution in [0.5, 0.6) is 5.75 Å². The second-order valence-corrected chi connectivity index (χ2v) is 8.54. The third-order valence-corrected chi connectivity index (χ3v) is 5.88. The number of fused-ring (bicyclic) bond motifs is 1. The molecule has 4 rings (SSSR count). The summed E-state index contributed by atoms with van der Waals surface area (Å²) in [6, 6.07) is 13.1. The van der Waals surface area contributed by atoms with Crippen molar-refractivity contribution >= 4 is 32.6 Å². The minimum Gasteiger partial charge on any atom is -0.484 e. The number of sulfonamides is 1. The van der Waals surface area contributed by atoms with Crippen molar-refractivity contribution in [2.75, 3.05) is 32.2 Å². The Morgan fingerprint density at radius 3 is 2.59 bits per heavy atom. The highest BCUT2D eigenvalue weighted by atomic mass is 32.2. The van der Waals surface area contributed by atoms with Gasteiger partial charge in [-0.15, -0.1) is 0 Å². The molecule has 1 N–H and O–H groups in total. The number of rotatable bonds is 6. The first kappa shape index (κ1) is 19.3. The fourth-order valence-corrected chi connectivity index (χ4v) is 3.96. The minimum atomic E-state index is -4.16. The van der Waals surface area contributed by atoms with Crippen LogP contribution < -0.4 is 14.4 Å². The number of para-hydroxylation sites is 1. The third kappa shape index (κ3) is 3.92. The molecule has 2 aromatic carbocycles. The van der Waals surface area contributed by atoms with Crippen LogP contribution in [0.2, 0.25) is 0 Å². The van der Waals surface area contributed by atoms with Crippen molar-refractivity contribution in [2.45, 2.75) is 11.0 Å². The maximum absolute atomic E-state index is 12.8. The van der Waals surface area contributed by atoms with Gasteiger partial charge in [0.2, 0.25) is 0 Å². The molecule has 1 amide bonds. The Kier molecular flexibility index (Phi) is 4.93. The lowest BCUT2D eigenvalue weighted by molar-refractivity contribution is -0.0807. The smallest absolute Gasteiger partial charge is 0.300 e. The number of amides is 1. The Hall–Kier alpha value is -3.04. The molecule has 1 fully saturated rings. The second-order valence-electron chi connectivity index (χ2n) is 6.89. The first-order valence-electron chi connectivity index (χ1n) is 8.95. The van der Waals surface area contributed by atoms with E-state index in [-0.39, 0.29) is 22.5 Å². The van der Waals surface area contributed by atoms with E-state index < -0.39 is 15.9 Å². The quantitative estimate of drug-likeness (QED) is 0.659. The van der Waals surface area contributed by atoms with Crippen LogP contribution in [0, 0.1) is 0 Å². The van der Waals surface area contributed by atoms with Gasteiger partial charge >= 0.3 is 5.91 Å². The van der Waals surface area contributed by atoms with Crippen molar-refractivity contribution in [3.63, 3.8) is 0 Å². The molecule has 1 saturated heterocycles. The molecule has 2 heterocycles. The van der Waals surface area contributed by atoms with E-state index in [4.69, 9.17) is 13.9 Å². The molecule has 152 valence electrons. The van der Waals surface area contributed by atoms with Crippen molar-refractivity contribution in [3.05, 3.63) is 54.3 Å². The topological polar surface area (TPSA) is 98.1 Å². The molecule has 29 heavy (non-hydrogen) atoms. The van der Waals surface area contributed by atoms with Gasteiger partial charge in [0.05, 0.1) is 13.2 Å². The summed E-state index contributed by atoms with van der Waals surface area (Å²) in [4.78, 5) is 14.3. The molecule has 0 aliphatic carbocycles. The highest BCUT2D eigenvalue weighted by molar-refractivity contribution is 7.90. The molecule has 0 atom stereocenters. The van der Waals surface area contributed by atoms with Gasteiger partial charge in [0, 0.05) is 31.2 Å². The summed E-state index contributed by atoms with van der Waals surface area (Å²) < 4.78 is 43.9. The lowest BCUT2D eigenvalue weighted by Gasteiger charge is -2.27. The Labute approximate surface area is 168 Å². The molecule has 1 aliphatic heterocycles. The average Bonchev–Trinajstić information content (AvgIpc) is 3.08. The highest BCUT2D eigenvalue weighted by Gasteiger charge is 2.27. The van der Waals surface area contributed by atoms with Gasteiger partial charge in [0.1, 0.15) is 22.3 Å². The summed E-state index contributed by atoms with van der Waals surface area (Å²) in [5, 5.41) is 0.701. The number of carbonyl (C=O) groups excluding carboxylic acids is 1. The van der Waals surface area contributed by atoms with E-state index in [1.54, 1.807) is 24.3 Å². The molecular weight excluding hydrogens is 396 g/mol. The van der Waals surface area contributed by atoms with Crippen molar-refractivity contribution in [1.29, 1.82) is 0 Å². The minimum absolute atomic E-state index is 0.0923. The summed E-state index contributed by atoms with van der Waals surface area (Å²) in [5.41, 5.74) is 1.39. The Balaban J connectivity index is 1.58. The number of anilines is 1. The zero-order valence-electron chi connectivity index (χ0n) is 15.9. The van der Waals surface area contributed by atoms with E-state index in [2.05, 4.69) is 4.72 Å². The van der Waals surface area contributed by atoms with Gasteiger partial charge in [-0.2, -0.15) is 0 Å². The molecule has 0 unspecified atom stereocenters. The van der Waals surface area contributed by atoms with E-state index in [1.165, 1.54) is 12.1 Å². The average molecular weight is 416 g/mol. The molecule has 9 heteroatoms. The Morgan fingerprint density at radius 1 is 1.14 bits per heavy atom. The zero-order chi connectivity index (χ0) is 20.6. The second kappa shape index (κ2) is 7.41. The molecular formula is C20H20N2O6S. The third-order valence-electron chi connectivity index (χ3n) is 4.51. The molecule has 0 radical (unpaired) electrons. The van der Waals surface area contributed by atoms with Crippen molar-refractivity contribution in [3.8, 4) is 5.75 Å². The monoisotopic (exact) mass is 416 g/mol. The van der Waals surface area contributed by atoms with E-state index in [9.17, 15) is 13.2 Å². The largest absolute Gasteiger partial charge is 0.484 e. The molecule has 3 aromatic rings. The number of nitrogens with zero attached hydrogens (tertiary/aromatic N) is 1. The van der Waals surface area contributed by atoms with E-state index in [0.717, 1.165) is 5.69 Å². The van der Waals surface area contributed by atoms with Gasteiger partial charge in [0.25, 0.3) is 10.0 Å². The lowest BCUT2D eigenvalue weighted by Crippen LogP contribution is -2.39. The predicted octanol–water partition coefficient (Wildman–Crippen LogP) is 2.40. The van der Waals surface area contributed by atoms with E-state index >= 15 is 0 Å². The SMILES string of the molecule is CN(C)c1ccc2cc(C(=O)NS(=O)(=O)c3ccccc3OC3COC3)oc2c1. The number of ether oxygens (including phenoxy) is 2. The summed E-state index contributed by atoms with van der Waals surface area (Å²) >= 11 is 0. The van der Waals surface area contributed by atoms with Crippen molar-refractivity contribution in [2.24, 2.45) is 0 Å². The Morgan fingerprint density at radius 2 is 1.90 bits per heavy atom. The van der Waals surface area contributed by atoms with Crippen LogP contribution in [0.4, 0.5) is 5.69 Å². The molecule has 0 spiro atoms. The zero-order valence-corrected chi connectivity index (χ0v) is 16.7. The maximum Gasteiger partial charge on any atom is 0.300 e. The highest BCUT2D eigenvalue weighted by Crippen LogP contribution is 2.27. The van der Waals surface area contributed by atoms with Gasteiger partial charge in [-0.3, -0.25) is 4.79 Å². The standard InChI is InChI=1S/C20H20N2O6S/c1-22(2)14-8-7-13-9-18(28-17(13)10-14)20(23)21-29(24,25)19-6-4-3-5-16(19)27-15-11-26-12-15/h3-10,15H,11-12H2,1-2H3,(H,21,23). The van der Waals surface area contributed by atoms with Crippen LogP contribution in [0.15, 0.2) is 57.8 Å². The maximum atomic E-state index is 12.8. The van der Waals surface area contributed by atoms with Crippen LogP contribution in [-0.4, -0.2) is 47.7 Å². The normalized spacial score (nSPS) is 14.4. The molecule has 1 aromatic heterocycles. The lowest BCUT2D eigenvalue weighted by atomic mass is 10.2. The van der Waals surface area contributed by atoms with E-state index in [0.29, 0.717) is 24.2 Å². The number of hydrogen-bond donors (Lipinski definition) is 1. The van der Waals surface area contributed by atoms with Crippen LogP contribution in [0.25, 0.3) is 11.0 Å². The first-order chi connectivity index (χ1) is 13.8. The molecule has 0 saturated carbocycles. The first-order valence-corrected chi connectivity index (χ1v) is 10.4. The Bertz CT molecular complexity index is 1160. The van der Waals surface area contributed by atoms with Crippen molar-refractivity contribution < 1.29 is 27.1 Å². The van der Waals surface area contributed by atoms with Crippen molar-refractivity contribution in [1.82, 2.24) is 4.72 Å². The fourth-order valence-electron chi connectivity index (χ4n) is 2.87. The molecule has 0 bridgehead atoms. The fraction of sp³-hybridized carbons (Fsp3) is 0.250. The number of hydrogen-bond acceptors (Lipinski definition) is 7. The van der Waals surface area contributed by atoms with Crippen LogP contribution >= 0.6 is 0 Å². The van der Waals surface area contributed by atoms with Gasteiger partial charge < -0.3 is 18.8 Å². The van der Waals surface area contributed by atoms with Gasteiger partial charge in [-0.1, -0.05) is 12.1 Å². The molecule has 1 aliphatic rings. The van der Waals surface area contributed by atoms with Crippen LogP contribution in [0.1, 0.15) is 10.6 Å². The number of furan rings is 1. The summed E-state index contributed by atoms with van der Waals surface area (Å²) in [7, 11) is -0.384. The number of benzene rings is 2. The van der Waals surface area contributed by atoms with Crippen LogP contribution in [0.3, 0.4) is 0 Å². The van der Waals surface area contributed by atoms with Gasteiger partial charge in [-0.25, -0.2) is 13.1 Å².